The average molecular weight is 754 g/mol. The Morgan fingerprint density at radius 2 is 0.610 bits per heavy atom. The highest BCUT2D eigenvalue weighted by molar-refractivity contribution is 6.15. The van der Waals surface area contributed by atoms with Crippen molar-refractivity contribution >= 4 is 60.2 Å². The van der Waals surface area contributed by atoms with Gasteiger partial charge in [0.05, 0.1) is 5.48 Å². The van der Waals surface area contributed by atoms with E-state index in [-0.39, 0.29) is 35.4 Å². The van der Waals surface area contributed by atoms with Crippen LogP contribution in [0.1, 0.15) is 5.48 Å². The zero-order valence-electron chi connectivity index (χ0n) is 36.2. The van der Waals surface area contributed by atoms with E-state index in [0.29, 0.717) is 16.9 Å². The number of anilines is 3. The fourth-order valence-electron chi connectivity index (χ4n) is 8.60. The topological polar surface area (TPSA) is 3.24 Å². The lowest BCUT2D eigenvalue weighted by atomic mass is 9.93. The van der Waals surface area contributed by atoms with Crippen LogP contribution < -0.4 is 4.90 Å². The van der Waals surface area contributed by atoms with Crippen LogP contribution in [0.15, 0.2) is 236 Å². The summed E-state index contributed by atoms with van der Waals surface area (Å²) in [6, 6.07) is 72.2. The summed E-state index contributed by atoms with van der Waals surface area (Å²) < 4.78 is 38.0. The highest BCUT2D eigenvalue weighted by atomic mass is 15.1. The third-order valence-corrected chi connectivity index (χ3v) is 11.5. The maximum Gasteiger partial charge on any atom is 0.0645 e. The van der Waals surface area contributed by atoms with Crippen molar-refractivity contribution in [1.82, 2.24) is 0 Å². The average Bonchev–Trinajstić information content (AvgIpc) is 3.35. The molecule has 0 saturated carbocycles. The lowest BCUT2D eigenvalue weighted by molar-refractivity contribution is 1.28. The first-order valence-electron chi connectivity index (χ1n) is 22.0. The van der Waals surface area contributed by atoms with Crippen LogP contribution in [0.4, 0.5) is 17.1 Å². The van der Waals surface area contributed by atoms with Gasteiger partial charge in [-0.05, 0) is 136 Å². The van der Waals surface area contributed by atoms with E-state index in [0.717, 1.165) is 54.9 Å². The van der Waals surface area contributed by atoms with Crippen molar-refractivity contribution in [3.63, 3.8) is 0 Å². The van der Waals surface area contributed by atoms with Crippen molar-refractivity contribution in [2.24, 2.45) is 0 Å². The van der Waals surface area contributed by atoms with Crippen molar-refractivity contribution in [3.8, 4) is 44.5 Å². The molecule has 0 unspecified atom stereocenters. The van der Waals surface area contributed by atoms with Gasteiger partial charge in [0.2, 0.25) is 0 Å². The van der Waals surface area contributed by atoms with Crippen LogP contribution in [0.2, 0.25) is 0 Å². The van der Waals surface area contributed by atoms with Crippen LogP contribution in [0.5, 0.6) is 0 Å². The van der Waals surface area contributed by atoms with Crippen LogP contribution >= 0.6 is 0 Å². The van der Waals surface area contributed by atoms with Gasteiger partial charge >= 0.3 is 0 Å². The molecule has 0 radical (unpaired) electrons. The normalized spacial score (nSPS) is 12.3. The molecular weight excluding hydrogens is 711 g/mol. The standard InChI is InChI=1S/C58H39N/c1-2-12-40(13-3-1)41-22-24-42(25-23-41)43-26-32-48(33-27-43)59(49-34-28-44(29-35-49)57-38-46-14-4-6-16-51(46)53-18-8-10-20-55(53)57)50-36-30-45(31-37-50)58-39-47-15-5-7-17-52(47)54-19-9-11-21-56(54)58/h1-39H/i26D,27D,32D,33D. The van der Waals surface area contributed by atoms with Crippen molar-refractivity contribution in [2.45, 2.75) is 0 Å². The molecule has 0 aliphatic heterocycles. The van der Waals surface area contributed by atoms with Gasteiger partial charge in [-0.3, -0.25) is 0 Å². The predicted octanol–water partition coefficient (Wildman–Crippen LogP) is 16.4. The van der Waals surface area contributed by atoms with E-state index >= 15 is 0 Å². The molecule has 0 N–H and O–H groups in total. The van der Waals surface area contributed by atoms with Crippen molar-refractivity contribution in [3.05, 3.63) is 236 Å². The summed E-state index contributed by atoms with van der Waals surface area (Å²) in [5.74, 6) is 0. The van der Waals surface area contributed by atoms with Gasteiger partial charge in [-0.2, -0.15) is 0 Å². The number of nitrogens with zero attached hydrogens (tertiary/aromatic N) is 1. The van der Waals surface area contributed by atoms with E-state index < -0.39 is 0 Å². The summed E-state index contributed by atoms with van der Waals surface area (Å²) in [5.41, 5.74) is 8.88. The van der Waals surface area contributed by atoms with E-state index in [4.69, 9.17) is 0 Å². The zero-order chi connectivity index (χ0) is 42.6. The molecule has 59 heavy (non-hydrogen) atoms. The molecule has 0 saturated heterocycles. The minimum absolute atomic E-state index is 0.0954. The maximum atomic E-state index is 9.58. The largest absolute Gasteiger partial charge is 0.311 e. The number of hydrogen-bond donors (Lipinski definition) is 0. The molecule has 0 heterocycles. The summed E-state index contributed by atoms with van der Waals surface area (Å²) in [6.07, 6.45) is 0. The van der Waals surface area contributed by atoms with Gasteiger partial charge < -0.3 is 4.90 Å². The molecule has 0 aliphatic rings. The zero-order valence-corrected chi connectivity index (χ0v) is 32.2. The summed E-state index contributed by atoms with van der Waals surface area (Å²) in [5, 5.41) is 9.43. The molecule has 11 aromatic carbocycles. The minimum atomic E-state index is -0.118. The molecule has 0 spiro atoms. The van der Waals surface area contributed by atoms with Crippen LogP contribution in [0.3, 0.4) is 0 Å². The second-order valence-electron chi connectivity index (χ2n) is 15.0. The summed E-state index contributed by atoms with van der Waals surface area (Å²) >= 11 is 0. The number of benzene rings is 11. The Kier molecular flexibility index (Phi) is 7.55. The molecular formula is C58H39N. The number of hydrogen-bond acceptors (Lipinski definition) is 1. The Labute approximate surface area is 350 Å². The first-order valence-corrected chi connectivity index (χ1v) is 20.0. The fourth-order valence-corrected chi connectivity index (χ4v) is 8.60. The first-order chi connectivity index (χ1) is 30.9. The Morgan fingerprint density at radius 3 is 1.08 bits per heavy atom. The van der Waals surface area contributed by atoms with Gasteiger partial charge in [-0.1, -0.05) is 188 Å². The molecule has 0 atom stereocenters. The summed E-state index contributed by atoms with van der Waals surface area (Å²) in [7, 11) is 0. The van der Waals surface area contributed by atoms with Crippen molar-refractivity contribution < 1.29 is 5.48 Å². The van der Waals surface area contributed by atoms with Gasteiger partial charge in [0, 0.05) is 17.1 Å². The van der Waals surface area contributed by atoms with E-state index in [1.165, 1.54) is 21.5 Å². The highest BCUT2D eigenvalue weighted by Crippen LogP contribution is 2.41. The smallest absolute Gasteiger partial charge is 0.0645 e. The molecule has 0 aromatic heterocycles. The van der Waals surface area contributed by atoms with E-state index in [2.05, 4.69) is 133 Å². The molecule has 1 heteroatoms. The molecule has 0 amide bonds. The quantitative estimate of drug-likeness (QED) is 0.147. The Balaban J connectivity index is 1.06. The third-order valence-electron chi connectivity index (χ3n) is 11.5. The third kappa shape index (κ3) is 6.30. The molecule has 0 fully saturated rings. The summed E-state index contributed by atoms with van der Waals surface area (Å²) in [4.78, 5) is 1.87. The van der Waals surface area contributed by atoms with E-state index in [9.17, 15) is 5.48 Å². The molecule has 0 aliphatic carbocycles. The lowest BCUT2D eigenvalue weighted by Crippen LogP contribution is -2.09. The lowest BCUT2D eigenvalue weighted by Gasteiger charge is -2.26. The molecule has 11 aromatic rings. The monoisotopic (exact) mass is 753 g/mol. The Bertz CT molecular complexity index is 3340. The fraction of sp³-hybridized carbons (Fsp3) is 0. The molecule has 276 valence electrons. The van der Waals surface area contributed by atoms with Crippen LogP contribution in [-0.4, -0.2) is 0 Å². The Hall–Kier alpha value is -7.74. The van der Waals surface area contributed by atoms with E-state index in [1.54, 1.807) is 0 Å². The van der Waals surface area contributed by atoms with Gasteiger partial charge in [-0.15, -0.1) is 0 Å². The molecule has 0 bridgehead atoms. The van der Waals surface area contributed by atoms with Crippen LogP contribution in [-0.2, 0) is 0 Å². The van der Waals surface area contributed by atoms with Crippen LogP contribution in [0, 0.1) is 0 Å². The van der Waals surface area contributed by atoms with Gasteiger partial charge in [0.1, 0.15) is 0 Å². The highest BCUT2D eigenvalue weighted by Gasteiger charge is 2.16. The summed E-state index contributed by atoms with van der Waals surface area (Å²) in [6.45, 7) is 0. The maximum absolute atomic E-state index is 9.58. The van der Waals surface area contributed by atoms with Gasteiger partial charge in [0.25, 0.3) is 0 Å². The van der Waals surface area contributed by atoms with Crippen molar-refractivity contribution in [2.75, 3.05) is 4.90 Å². The Morgan fingerprint density at radius 1 is 0.254 bits per heavy atom. The number of rotatable bonds is 7. The predicted molar refractivity (Wildman–Crippen MR) is 253 cm³/mol. The van der Waals surface area contributed by atoms with Crippen LogP contribution in [0.25, 0.3) is 87.6 Å². The van der Waals surface area contributed by atoms with Crippen molar-refractivity contribution in [1.29, 1.82) is 0 Å². The molecule has 1 nitrogen and oxygen atoms in total. The second-order valence-corrected chi connectivity index (χ2v) is 15.0. The van der Waals surface area contributed by atoms with E-state index in [1.807, 2.05) is 83.8 Å². The SMILES string of the molecule is [2H]c1c([2H])c(N(c2ccc(-c3cc4ccccc4c4ccccc34)cc2)c2ccc(-c3cc4ccccc4c4ccccc34)cc2)c([2H])c([2H])c1-c1ccc(-c2ccccc2)cc1. The first kappa shape index (κ1) is 30.4. The molecule has 11 rings (SSSR count). The van der Waals surface area contributed by atoms with Gasteiger partial charge in [-0.25, -0.2) is 0 Å². The van der Waals surface area contributed by atoms with Gasteiger partial charge in [0.15, 0.2) is 0 Å². The number of fused-ring (bicyclic) bond motifs is 6. The second kappa shape index (κ2) is 14.6. The minimum Gasteiger partial charge on any atom is -0.311 e.